The molecule has 0 N–H and O–H groups in total. The van der Waals surface area contributed by atoms with Crippen LogP contribution < -0.4 is 0 Å². The van der Waals surface area contributed by atoms with Crippen molar-refractivity contribution in [2.75, 3.05) is 6.61 Å². The van der Waals surface area contributed by atoms with E-state index in [-0.39, 0.29) is 18.2 Å². The van der Waals surface area contributed by atoms with Crippen LogP contribution >= 0.6 is 0 Å². The molecule has 0 bridgehead atoms. The summed E-state index contributed by atoms with van der Waals surface area (Å²) in [6.07, 6.45) is 0. The minimum Gasteiger partial charge on any atom is -0.451 e. The number of ketones is 1. The minimum atomic E-state index is -0.639. The average molecular weight is 308 g/mol. The second kappa shape index (κ2) is 6.08. The molecule has 0 amide bonds. The van der Waals surface area contributed by atoms with Crippen molar-refractivity contribution in [2.24, 2.45) is 0 Å². The van der Waals surface area contributed by atoms with Crippen molar-refractivity contribution in [1.82, 2.24) is 0 Å². The summed E-state index contributed by atoms with van der Waals surface area (Å²) in [5.41, 5.74) is 3.03. The van der Waals surface area contributed by atoms with E-state index in [2.05, 4.69) is 0 Å². The second-order valence-corrected chi connectivity index (χ2v) is 5.47. The zero-order valence-electron chi connectivity index (χ0n) is 13.0. The van der Waals surface area contributed by atoms with Crippen LogP contribution in [0.2, 0.25) is 0 Å². The lowest BCUT2D eigenvalue weighted by Crippen LogP contribution is -2.15. The molecule has 0 saturated carbocycles. The van der Waals surface area contributed by atoms with Gasteiger partial charge in [-0.05, 0) is 37.6 Å². The van der Waals surface area contributed by atoms with E-state index < -0.39 is 5.97 Å². The van der Waals surface area contributed by atoms with E-state index in [4.69, 9.17) is 9.15 Å². The van der Waals surface area contributed by atoms with Gasteiger partial charge in [0.2, 0.25) is 11.5 Å². The number of aryl methyl sites for hydroxylation is 2. The smallest absolute Gasteiger partial charge is 0.374 e. The van der Waals surface area contributed by atoms with Crippen LogP contribution in [0.4, 0.5) is 0 Å². The molecule has 0 radical (unpaired) electrons. The molecule has 0 saturated heterocycles. The molecule has 0 spiro atoms. The molecule has 0 fully saturated rings. The number of carbonyl (C=O) groups excluding carboxylic acids is 2. The van der Waals surface area contributed by atoms with Gasteiger partial charge < -0.3 is 9.15 Å². The van der Waals surface area contributed by atoms with E-state index in [0.717, 1.165) is 16.5 Å². The predicted molar refractivity (Wildman–Crippen MR) is 86.7 cm³/mol. The highest BCUT2D eigenvalue weighted by Crippen LogP contribution is 2.19. The second-order valence-electron chi connectivity index (χ2n) is 5.47. The van der Waals surface area contributed by atoms with Crippen LogP contribution in [-0.2, 0) is 4.74 Å². The van der Waals surface area contributed by atoms with Crippen molar-refractivity contribution in [3.63, 3.8) is 0 Å². The van der Waals surface area contributed by atoms with Gasteiger partial charge in [-0.15, -0.1) is 0 Å². The highest BCUT2D eigenvalue weighted by atomic mass is 16.5. The van der Waals surface area contributed by atoms with Crippen molar-refractivity contribution in [2.45, 2.75) is 13.8 Å². The molecule has 23 heavy (non-hydrogen) atoms. The third-order valence-corrected chi connectivity index (χ3v) is 3.65. The maximum Gasteiger partial charge on any atom is 0.374 e. The molecule has 3 aromatic rings. The van der Waals surface area contributed by atoms with E-state index >= 15 is 0 Å². The molecule has 1 heterocycles. The lowest BCUT2D eigenvalue weighted by Gasteiger charge is -2.06. The summed E-state index contributed by atoms with van der Waals surface area (Å²) in [7, 11) is 0. The Labute approximate surface area is 133 Å². The first kappa shape index (κ1) is 15.0. The number of furan rings is 1. The maximum absolute atomic E-state index is 12.2. The topological polar surface area (TPSA) is 56.5 Å². The Morgan fingerprint density at radius 3 is 2.61 bits per heavy atom. The zero-order valence-corrected chi connectivity index (χ0v) is 13.0. The van der Waals surface area contributed by atoms with Crippen LogP contribution in [0.15, 0.2) is 52.9 Å². The molecule has 3 rings (SSSR count). The monoisotopic (exact) mass is 308 g/mol. The van der Waals surface area contributed by atoms with E-state index in [9.17, 15) is 9.59 Å². The molecule has 0 aliphatic rings. The molecule has 2 aromatic carbocycles. The molecule has 0 atom stereocenters. The number of benzene rings is 2. The third-order valence-electron chi connectivity index (χ3n) is 3.65. The van der Waals surface area contributed by atoms with Gasteiger partial charge in [-0.2, -0.15) is 0 Å². The van der Waals surface area contributed by atoms with Gasteiger partial charge in [-0.25, -0.2) is 4.79 Å². The van der Waals surface area contributed by atoms with Gasteiger partial charge in [0.05, 0.1) is 0 Å². The summed E-state index contributed by atoms with van der Waals surface area (Å²) in [4.78, 5) is 24.3. The number of esters is 1. The molecular formula is C19H16O4. The first-order chi connectivity index (χ1) is 11.0. The molecule has 4 nitrogen and oxygen atoms in total. The SMILES string of the molecule is Cc1ccc(C)c(C(=O)COC(=O)c2cc3ccccc3o2)c1. The van der Waals surface area contributed by atoms with Crippen molar-refractivity contribution < 1.29 is 18.7 Å². The van der Waals surface area contributed by atoms with Crippen molar-refractivity contribution in [1.29, 1.82) is 0 Å². The lowest BCUT2D eigenvalue weighted by molar-refractivity contribution is 0.0446. The minimum absolute atomic E-state index is 0.0972. The Balaban J connectivity index is 1.71. The molecule has 0 unspecified atom stereocenters. The first-order valence-corrected chi connectivity index (χ1v) is 7.31. The van der Waals surface area contributed by atoms with Crippen LogP contribution in [0.3, 0.4) is 0 Å². The van der Waals surface area contributed by atoms with Crippen molar-refractivity contribution in [3.8, 4) is 0 Å². The standard InChI is InChI=1S/C19H16O4/c1-12-7-8-13(2)15(9-12)16(20)11-22-19(21)18-10-14-5-3-4-6-17(14)23-18/h3-10H,11H2,1-2H3. The van der Waals surface area contributed by atoms with Crippen LogP contribution in [0.25, 0.3) is 11.0 Å². The zero-order chi connectivity index (χ0) is 16.4. The van der Waals surface area contributed by atoms with E-state index in [0.29, 0.717) is 11.1 Å². The van der Waals surface area contributed by atoms with Gasteiger partial charge in [0.15, 0.2) is 6.61 Å². The number of rotatable bonds is 4. The Morgan fingerprint density at radius 2 is 1.83 bits per heavy atom. The summed E-state index contributed by atoms with van der Waals surface area (Å²) in [6, 6.07) is 14.5. The molecule has 1 aromatic heterocycles. The van der Waals surface area contributed by atoms with Gasteiger partial charge >= 0.3 is 5.97 Å². The number of carbonyl (C=O) groups is 2. The molecule has 0 aliphatic carbocycles. The van der Waals surface area contributed by atoms with Crippen LogP contribution in [0.5, 0.6) is 0 Å². The van der Waals surface area contributed by atoms with Gasteiger partial charge in [0.1, 0.15) is 5.58 Å². The molecular weight excluding hydrogens is 292 g/mol. The maximum atomic E-state index is 12.2. The Kier molecular flexibility index (Phi) is 3.98. The molecule has 116 valence electrons. The highest BCUT2D eigenvalue weighted by molar-refractivity contribution is 6.00. The van der Waals surface area contributed by atoms with Gasteiger partial charge in [0.25, 0.3) is 0 Å². The van der Waals surface area contributed by atoms with Crippen molar-refractivity contribution >= 4 is 22.7 Å². The van der Waals surface area contributed by atoms with Crippen molar-refractivity contribution in [3.05, 3.63) is 71.0 Å². The molecule has 0 aliphatic heterocycles. The predicted octanol–water partition coefficient (Wildman–Crippen LogP) is 4.09. The average Bonchev–Trinajstić information content (AvgIpc) is 2.98. The third kappa shape index (κ3) is 3.16. The summed E-state index contributed by atoms with van der Waals surface area (Å²) in [5, 5.41) is 0.820. The highest BCUT2D eigenvalue weighted by Gasteiger charge is 2.17. The van der Waals surface area contributed by atoms with Gasteiger partial charge in [-0.3, -0.25) is 4.79 Å². The van der Waals surface area contributed by atoms with E-state index in [1.165, 1.54) is 0 Å². The first-order valence-electron chi connectivity index (χ1n) is 7.31. The fourth-order valence-electron chi connectivity index (χ4n) is 2.40. The number of para-hydroxylation sites is 1. The summed E-state index contributed by atoms with van der Waals surface area (Å²) >= 11 is 0. The fraction of sp³-hybridized carbons (Fsp3) is 0.158. The van der Waals surface area contributed by atoms with Crippen LogP contribution in [-0.4, -0.2) is 18.4 Å². The number of Topliss-reactive ketones (excluding diaryl/α,β-unsaturated/α-hetero) is 1. The number of ether oxygens (including phenoxy) is 1. The lowest BCUT2D eigenvalue weighted by atomic mass is 10.0. The quantitative estimate of drug-likeness (QED) is 0.538. The Hall–Kier alpha value is -2.88. The van der Waals surface area contributed by atoms with Crippen LogP contribution in [0.1, 0.15) is 32.0 Å². The summed E-state index contributed by atoms with van der Waals surface area (Å²) in [6.45, 7) is 3.46. The fourth-order valence-corrected chi connectivity index (χ4v) is 2.40. The Morgan fingerprint density at radius 1 is 1.04 bits per heavy atom. The van der Waals surface area contributed by atoms with Gasteiger partial charge in [0, 0.05) is 10.9 Å². The van der Waals surface area contributed by atoms with E-state index in [1.807, 2.05) is 44.2 Å². The van der Waals surface area contributed by atoms with E-state index in [1.54, 1.807) is 18.2 Å². The Bertz CT molecular complexity index is 856. The normalized spacial score (nSPS) is 10.7. The summed E-state index contributed by atoms with van der Waals surface area (Å²) < 4.78 is 10.5. The van der Waals surface area contributed by atoms with Gasteiger partial charge in [-0.1, -0.05) is 35.9 Å². The number of hydrogen-bond donors (Lipinski definition) is 0. The number of hydrogen-bond acceptors (Lipinski definition) is 4. The van der Waals surface area contributed by atoms with Crippen LogP contribution in [0, 0.1) is 13.8 Å². The molecule has 4 heteroatoms. The summed E-state index contributed by atoms with van der Waals surface area (Å²) in [5.74, 6) is -0.768. The largest absolute Gasteiger partial charge is 0.451 e. The number of fused-ring (bicyclic) bond motifs is 1.